The summed E-state index contributed by atoms with van der Waals surface area (Å²) in [5.41, 5.74) is 2.66. The van der Waals surface area contributed by atoms with Crippen LogP contribution in [-0.2, 0) is 16.4 Å². The molecule has 0 fully saturated rings. The molecule has 0 saturated carbocycles. The number of nitrogens with zero attached hydrogens (tertiary/aromatic N) is 1. The van der Waals surface area contributed by atoms with Gasteiger partial charge in [-0.25, -0.2) is 13.6 Å². The van der Waals surface area contributed by atoms with E-state index in [0.29, 0.717) is 18.4 Å². The zero-order valence-electron chi connectivity index (χ0n) is 14.9. The largest absolute Gasteiger partial charge is 0.357 e. The molecule has 0 unspecified atom stereocenters. The molecule has 0 heterocycles. The summed E-state index contributed by atoms with van der Waals surface area (Å²) in [6, 6.07) is 8.72. The summed E-state index contributed by atoms with van der Waals surface area (Å²) in [7, 11) is -3.45. The molecule has 0 aliphatic rings. The minimum Gasteiger partial charge on any atom is -0.357 e. The third-order valence-corrected chi connectivity index (χ3v) is 4.34. The van der Waals surface area contributed by atoms with Crippen LogP contribution in [0.5, 0.6) is 0 Å². The second kappa shape index (κ2) is 10.3. The molecule has 0 amide bonds. The Morgan fingerprint density at radius 2 is 1.88 bits per heavy atom. The van der Waals surface area contributed by atoms with Gasteiger partial charge < -0.3 is 10.6 Å². The van der Waals surface area contributed by atoms with E-state index in [1.165, 1.54) is 11.1 Å². The molecule has 0 radical (unpaired) electrons. The van der Waals surface area contributed by atoms with Gasteiger partial charge in [0.05, 0.1) is 5.75 Å². The van der Waals surface area contributed by atoms with Gasteiger partial charge in [-0.1, -0.05) is 38.1 Å². The molecule has 0 atom stereocenters. The molecular formula is C17H30N4O2S. The van der Waals surface area contributed by atoms with Crippen LogP contribution in [0, 0.1) is 0 Å². The Bertz CT molecular complexity index is 610. The highest BCUT2D eigenvalue weighted by molar-refractivity contribution is 7.89. The average Bonchev–Trinajstić information content (AvgIpc) is 2.50. The van der Waals surface area contributed by atoms with E-state index in [2.05, 4.69) is 53.7 Å². The molecule has 4 N–H and O–H groups in total. The molecule has 0 aliphatic heterocycles. The van der Waals surface area contributed by atoms with Gasteiger partial charge >= 0.3 is 0 Å². The van der Waals surface area contributed by atoms with Crippen molar-refractivity contribution < 1.29 is 8.42 Å². The van der Waals surface area contributed by atoms with Crippen molar-refractivity contribution in [3.63, 3.8) is 0 Å². The SMILES string of the molecule is CCNC(=NCCCc1ccc(C(C)C)cc1)NCCS(N)(=O)=O. The van der Waals surface area contributed by atoms with E-state index in [9.17, 15) is 8.42 Å². The van der Waals surface area contributed by atoms with Gasteiger partial charge in [0.25, 0.3) is 0 Å². The van der Waals surface area contributed by atoms with Crippen molar-refractivity contribution >= 4 is 16.0 Å². The van der Waals surface area contributed by atoms with Gasteiger partial charge in [0, 0.05) is 19.6 Å². The Morgan fingerprint density at radius 1 is 1.21 bits per heavy atom. The number of sulfonamides is 1. The van der Waals surface area contributed by atoms with Crippen LogP contribution in [-0.4, -0.2) is 39.8 Å². The molecule has 0 bridgehead atoms. The topological polar surface area (TPSA) is 96.6 Å². The number of aryl methyl sites for hydroxylation is 1. The lowest BCUT2D eigenvalue weighted by molar-refractivity contribution is 0.596. The molecule has 1 aromatic carbocycles. The number of nitrogens with one attached hydrogen (secondary N) is 2. The van der Waals surface area contributed by atoms with Crippen molar-refractivity contribution in [2.45, 2.75) is 39.5 Å². The van der Waals surface area contributed by atoms with Crippen LogP contribution in [0.15, 0.2) is 29.3 Å². The van der Waals surface area contributed by atoms with Gasteiger partial charge in [-0.05, 0) is 36.8 Å². The second-order valence-corrected chi connectivity index (χ2v) is 7.79. The summed E-state index contributed by atoms with van der Waals surface area (Å²) in [5.74, 6) is 1.06. The number of primary sulfonamides is 1. The van der Waals surface area contributed by atoms with Gasteiger partial charge in [0.2, 0.25) is 10.0 Å². The highest BCUT2D eigenvalue weighted by atomic mass is 32.2. The lowest BCUT2D eigenvalue weighted by Gasteiger charge is -2.10. The smallest absolute Gasteiger partial charge is 0.210 e. The van der Waals surface area contributed by atoms with Crippen LogP contribution in [0.1, 0.15) is 44.2 Å². The lowest BCUT2D eigenvalue weighted by atomic mass is 10.0. The molecule has 0 saturated heterocycles. The fourth-order valence-electron chi connectivity index (χ4n) is 2.20. The Labute approximate surface area is 146 Å². The van der Waals surface area contributed by atoms with E-state index in [-0.39, 0.29) is 12.3 Å². The third-order valence-electron chi connectivity index (χ3n) is 3.56. The average molecular weight is 355 g/mol. The minimum atomic E-state index is -3.45. The Morgan fingerprint density at radius 3 is 2.42 bits per heavy atom. The number of hydrogen-bond acceptors (Lipinski definition) is 3. The Balaban J connectivity index is 2.40. The minimum absolute atomic E-state index is 0.111. The molecule has 136 valence electrons. The highest BCUT2D eigenvalue weighted by Gasteiger charge is 2.03. The van der Waals surface area contributed by atoms with Crippen LogP contribution in [0.4, 0.5) is 0 Å². The van der Waals surface area contributed by atoms with Crippen LogP contribution >= 0.6 is 0 Å². The molecule has 0 spiro atoms. The molecule has 24 heavy (non-hydrogen) atoms. The van der Waals surface area contributed by atoms with Crippen molar-refractivity contribution in [1.82, 2.24) is 10.6 Å². The Kier molecular flexibility index (Phi) is 8.78. The van der Waals surface area contributed by atoms with Crippen molar-refractivity contribution in [3.05, 3.63) is 35.4 Å². The number of rotatable bonds is 9. The summed E-state index contributed by atoms with van der Waals surface area (Å²) in [4.78, 5) is 4.45. The molecule has 1 aromatic rings. The van der Waals surface area contributed by atoms with Crippen LogP contribution in [0.2, 0.25) is 0 Å². The fourth-order valence-corrected chi connectivity index (χ4v) is 2.58. The van der Waals surface area contributed by atoms with Crippen LogP contribution < -0.4 is 15.8 Å². The van der Waals surface area contributed by atoms with E-state index in [1.54, 1.807) is 0 Å². The second-order valence-electron chi connectivity index (χ2n) is 6.05. The van der Waals surface area contributed by atoms with Gasteiger partial charge in [-0.15, -0.1) is 0 Å². The first kappa shape index (κ1) is 20.4. The molecule has 7 heteroatoms. The first-order chi connectivity index (χ1) is 11.3. The zero-order valence-corrected chi connectivity index (χ0v) is 15.7. The van der Waals surface area contributed by atoms with Crippen molar-refractivity contribution in [1.29, 1.82) is 0 Å². The predicted molar refractivity (Wildman–Crippen MR) is 101 cm³/mol. The van der Waals surface area contributed by atoms with Gasteiger partial charge in [-0.2, -0.15) is 0 Å². The Hall–Kier alpha value is -1.60. The molecule has 6 nitrogen and oxygen atoms in total. The van der Waals surface area contributed by atoms with Crippen LogP contribution in [0.3, 0.4) is 0 Å². The van der Waals surface area contributed by atoms with E-state index in [1.807, 2.05) is 6.92 Å². The summed E-state index contributed by atoms with van der Waals surface area (Å²) >= 11 is 0. The number of nitrogens with two attached hydrogens (primary N) is 1. The molecular weight excluding hydrogens is 324 g/mol. The van der Waals surface area contributed by atoms with Crippen molar-refractivity contribution in [2.75, 3.05) is 25.4 Å². The molecule has 1 rings (SSSR count). The lowest BCUT2D eigenvalue weighted by Crippen LogP contribution is -2.40. The zero-order chi connectivity index (χ0) is 18.0. The maximum Gasteiger partial charge on any atom is 0.210 e. The first-order valence-electron chi connectivity index (χ1n) is 8.43. The standard InChI is InChI=1S/C17H30N4O2S/c1-4-19-17(21-12-13-24(18,22)23)20-11-5-6-15-7-9-16(10-8-15)14(2)3/h7-10,14H,4-6,11-13H2,1-3H3,(H2,18,22,23)(H2,19,20,21). The summed E-state index contributed by atoms with van der Waals surface area (Å²) in [5, 5.41) is 11.0. The van der Waals surface area contributed by atoms with Gasteiger partial charge in [-0.3, -0.25) is 4.99 Å². The molecule has 0 aromatic heterocycles. The number of aliphatic imine (C=N–C) groups is 1. The van der Waals surface area contributed by atoms with E-state index >= 15 is 0 Å². The van der Waals surface area contributed by atoms with Gasteiger partial charge in [0.15, 0.2) is 5.96 Å². The monoisotopic (exact) mass is 354 g/mol. The van der Waals surface area contributed by atoms with Gasteiger partial charge in [0.1, 0.15) is 0 Å². The number of hydrogen-bond donors (Lipinski definition) is 3. The van der Waals surface area contributed by atoms with E-state index in [0.717, 1.165) is 19.4 Å². The predicted octanol–water partition coefficient (Wildman–Crippen LogP) is 1.59. The quantitative estimate of drug-likeness (QED) is 0.356. The third kappa shape index (κ3) is 8.88. The maximum absolute atomic E-state index is 10.9. The summed E-state index contributed by atoms with van der Waals surface area (Å²) in [6.45, 7) is 7.99. The maximum atomic E-state index is 10.9. The first-order valence-corrected chi connectivity index (χ1v) is 10.1. The van der Waals surface area contributed by atoms with Crippen LogP contribution in [0.25, 0.3) is 0 Å². The number of benzene rings is 1. The van der Waals surface area contributed by atoms with Crippen molar-refractivity contribution in [2.24, 2.45) is 10.1 Å². The number of guanidine groups is 1. The normalized spacial score (nSPS) is 12.5. The summed E-state index contributed by atoms with van der Waals surface area (Å²) < 4.78 is 21.9. The van der Waals surface area contributed by atoms with E-state index < -0.39 is 10.0 Å². The highest BCUT2D eigenvalue weighted by Crippen LogP contribution is 2.15. The van der Waals surface area contributed by atoms with Crippen molar-refractivity contribution in [3.8, 4) is 0 Å². The fraction of sp³-hybridized carbons (Fsp3) is 0.588. The summed E-state index contributed by atoms with van der Waals surface area (Å²) in [6.07, 6.45) is 1.91. The van der Waals surface area contributed by atoms with E-state index in [4.69, 9.17) is 5.14 Å². The molecule has 0 aliphatic carbocycles.